The quantitative estimate of drug-likeness (QED) is 0.609. The van der Waals surface area contributed by atoms with E-state index in [0.717, 1.165) is 11.3 Å². The number of hydrogen-bond acceptors (Lipinski definition) is 4. The van der Waals surface area contributed by atoms with E-state index in [2.05, 4.69) is 4.57 Å². The molecule has 0 aliphatic rings. The fourth-order valence-corrected chi connectivity index (χ4v) is 2.77. The summed E-state index contributed by atoms with van der Waals surface area (Å²) in [6, 6.07) is 10.1. The molecule has 0 spiro atoms. The first-order chi connectivity index (χ1) is 12.5. The number of aromatic nitrogens is 1. The van der Waals surface area contributed by atoms with Crippen LogP contribution in [0.2, 0.25) is 0 Å². The molecule has 0 saturated heterocycles. The summed E-state index contributed by atoms with van der Waals surface area (Å²) >= 11 is 0. The van der Waals surface area contributed by atoms with Crippen molar-refractivity contribution >= 4 is 5.97 Å². The van der Waals surface area contributed by atoms with Crippen LogP contribution in [0.4, 0.5) is 4.39 Å². The van der Waals surface area contributed by atoms with Crippen LogP contribution >= 0.6 is 0 Å². The van der Waals surface area contributed by atoms with Crippen molar-refractivity contribution in [2.45, 2.75) is 33.0 Å². The van der Waals surface area contributed by atoms with E-state index >= 15 is 0 Å². The van der Waals surface area contributed by atoms with Crippen LogP contribution in [0.15, 0.2) is 42.6 Å². The van der Waals surface area contributed by atoms with Crippen molar-refractivity contribution in [2.24, 2.45) is 0 Å². The molecule has 1 atom stereocenters. The Balaban J connectivity index is 2.11. The molecule has 0 N–H and O–H groups in total. The van der Waals surface area contributed by atoms with Gasteiger partial charge in [-0.2, -0.15) is 0 Å². The molecule has 0 saturated carbocycles. The van der Waals surface area contributed by atoms with Gasteiger partial charge < -0.3 is 14.0 Å². The van der Waals surface area contributed by atoms with Gasteiger partial charge in [0.25, 0.3) is 0 Å². The SMILES string of the molecule is CCOC(=O)C(C)N(CCOC)Cc1cccn1Cc1ccc(F)cc1. The summed E-state index contributed by atoms with van der Waals surface area (Å²) < 4.78 is 25.5. The minimum atomic E-state index is -0.362. The Kier molecular flexibility index (Phi) is 7.81. The second-order valence-corrected chi connectivity index (χ2v) is 6.15. The van der Waals surface area contributed by atoms with Gasteiger partial charge in [0.15, 0.2) is 0 Å². The molecule has 0 aliphatic heterocycles. The zero-order chi connectivity index (χ0) is 18.9. The van der Waals surface area contributed by atoms with Crippen molar-refractivity contribution in [3.8, 4) is 0 Å². The Labute approximate surface area is 154 Å². The molecule has 142 valence electrons. The molecular formula is C20H27FN2O3. The third-order valence-electron chi connectivity index (χ3n) is 4.31. The van der Waals surface area contributed by atoms with E-state index in [-0.39, 0.29) is 17.8 Å². The molecule has 1 heterocycles. The van der Waals surface area contributed by atoms with Gasteiger partial charge in [0.2, 0.25) is 0 Å². The summed E-state index contributed by atoms with van der Waals surface area (Å²) in [6.07, 6.45) is 1.99. The number of rotatable bonds is 10. The van der Waals surface area contributed by atoms with Crippen LogP contribution in [0.3, 0.4) is 0 Å². The van der Waals surface area contributed by atoms with E-state index in [1.54, 1.807) is 26.2 Å². The Hall–Kier alpha value is -2.18. The molecule has 0 bridgehead atoms. The van der Waals surface area contributed by atoms with Gasteiger partial charge in [-0.05, 0) is 43.7 Å². The molecule has 1 unspecified atom stereocenters. The van der Waals surface area contributed by atoms with Gasteiger partial charge in [-0.15, -0.1) is 0 Å². The van der Waals surface area contributed by atoms with Gasteiger partial charge in [-0.3, -0.25) is 9.69 Å². The van der Waals surface area contributed by atoms with E-state index in [1.165, 1.54) is 12.1 Å². The highest BCUT2D eigenvalue weighted by Gasteiger charge is 2.23. The highest BCUT2D eigenvalue weighted by molar-refractivity contribution is 5.75. The summed E-state index contributed by atoms with van der Waals surface area (Å²) in [4.78, 5) is 14.2. The number of nitrogens with zero attached hydrogens (tertiary/aromatic N) is 2. The Morgan fingerprint density at radius 2 is 2.00 bits per heavy atom. The van der Waals surface area contributed by atoms with Crippen LogP contribution in [0.1, 0.15) is 25.1 Å². The Morgan fingerprint density at radius 1 is 1.27 bits per heavy atom. The minimum Gasteiger partial charge on any atom is -0.465 e. The topological polar surface area (TPSA) is 43.7 Å². The third-order valence-corrected chi connectivity index (χ3v) is 4.31. The first-order valence-electron chi connectivity index (χ1n) is 8.83. The smallest absolute Gasteiger partial charge is 0.323 e. The van der Waals surface area contributed by atoms with Crippen LogP contribution in [0.25, 0.3) is 0 Å². The lowest BCUT2D eigenvalue weighted by molar-refractivity contribution is -0.149. The minimum absolute atomic E-state index is 0.236. The monoisotopic (exact) mass is 362 g/mol. The number of halogens is 1. The summed E-state index contributed by atoms with van der Waals surface area (Å²) in [5.41, 5.74) is 2.09. The molecule has 2 aromatic rings. The van der Waals surface area contributed by atoms with Gasteiger partial charge in [0.1, 0.15) is 11.9 Å². The number of benzene rings is 1. The maximum Gasteiger partial charge on any atom is 0.323 e. The van der Waals surface area contributed by atoms with Gasteiger partial charge in [0, 0.05) is 38.6 Å². The van der Waals surface area contributed by atoms with Crippen molar-refractivity contribution in [1.29, 1.82) is 0 Å². The number of hydrogen-bond donors (Lipinski definition) is 0. The fourth-order valence-electron chi connectivity index (χ4n) is 2.77. The first kappa shape index (κ1) is 20.1. The number of carbonyl (C=O) groups is 1. The zero-order valence-electron chi connectivity index (χ0n) is 15.7. The van der Waals surface area contributed by atoms with E-state index < -0.39 is 0 Å². The predicted molar refractivity (Wildman–Crippen MR) is 98.3 cm³/mol. The average Bonchev–Trinajstić information content (AvgIpc) is 3.06. The first-order valence-corrected chi connectivity index (χ1v) is 8.83. The van der Waals surface area contributed by atoms with Gasteiger partial charge in [-0.25, -0.2) is 4.39 Å². The summed E-state index contributed by atoms with van der Waals surface area (Å²) in [6.45, 7) is 6.41. The second kappa shape index (κ2) is 10.1. The molecule has 0 fully saturated rings. The van der Waals surface area contributed by atoms with Crippen LogP contribution in [0.5, 0.6) is 0 Å². The lowest BCUT2D eigenvalue weighted by atomic mass is 10.2. The molecule has 0 aliphatic carbocycles. The third kappa shape index (κ3) is 5.68. The highest BCUT2D eigenvalue weighted by Crippen LogP contribution is 2.14. The second-order valence-electron chi connectivity index (χ2n) is 6.15. The van der Waals surface area contributed by atoms with Crippen LogP contribution in [0, 0.1) is 5.82 Å². The van der Waals surface area contributed by atoms with Gasteiger partial charge in [-0.1, -0.05) is 12.1 Å². The largest absolute Gasteiger partial charge is 0.465 e. The normalized spacial score (nSPS) is 12.3. The standard InChI is InChI=1S/C20H27FN2O3/c1-4-26-20(24)16(2)22(12-13-25-3)15-19-6-5-11-23(19)14-17-7-9-18(21)10-8-17/h5-11,16H,4,12-15H2,1-3H3. The average molecular weight is 362 g/mol. The number of carbonyl (C=O) groups excluding carboxylic acids is 1. The van der Waals surface area contributed by atoms with E-state index in [1.807, 2.05) is 30.2 Å². The maximum absolute atomic E-state index is 13.1. The Morgan fingerprint density at radius 3 is 2.65 bits per heavy atom. The van der Waals surface area contributed by atoms with Crippen molar-refractivity contribution < 1.29 is 18.7 Å². The van der Waals surface area contributed by atoms with Gasteiger partial charge in [0.05, 0.1) is 13.2 Å². The maximum atomic E-state index is 13.1. The molecule has 26 heavy (non-hydrogen) atoms. The van der Waals surface area contributed by atoms with Crippen molar-refractivity contribution in [1.82, 2.24) is 9.47 Å². The van der Waals surface area contributed by atoms with E-state index in [4.69, 9.17) is 9.47 Å². The van der Waals surface area contributed by atoms with Crippen molar-refractivity contribution in [2.75, 3.05) is 26.9 Å². The lowest BCUT2D eigenvalue weighted by Crippen LogP contribution is -2.41. The molecular weight excluding hydrogens is 335 g/mol. The summed E-state index contributed by atoms with van der Waals surface area (Å²) in [5, 5.41) is 0. The molecule has 6 heteroatoms. The van der Waals surface area contributed by atoms with Gasteiger partial charge >= 0.3 is 5.97 Å². The Bertz CT molecular complexity index is 685. The van der Waals surface area contributed by atoms with Crippen molar-refractivity contribution in [3.05, 3.63) is 59.7 Å². The molecule has 2 rings (SSSR count). The number of ether oxygens (including phenoxy) is 2. The zero-order valence-corrected chi connectivity index (χ0v) is 15.7. The molecule has 0 radical (unpaired) electrons. The molecule has 1 aromatic heterocycles. The van der Waals surface area contributed by atoms with Crippen LogP contribution < -0.4 is 0 Å². The van der Waals surface area contributed by atoms with Crippen molar-refractivity contribution in [3.63, 3.8) is 0 Å². The number of methoxy groups -OCH3 is 1. The van der Waals surface area contributed by atoms with Crippen LogP contribution in [-0.4, -0.2) is 48.3 Å². The lowest BCUT2D eigenvalue weighted by Gasteiger charge is -2.27. The van der Waals surface area contributed by atoms with E-state index in [9.17, 15) is 9.18 Å². The number of esters is 1. The van der Waals surface area contributed by atoms with Crippen LogP contribution in [-0.2, 0) is 27.4 Å². The fraction of sp³-hybridized carbons (Fsp3) is 0.450. The highest BCUT2D eigenvalue weighted by atomic mass is 19.1. The molecule has 0 amide bonds. The predicted octanol–water partition coefficient (Wildman–Crippen LogP) is 3.08. The summed E-state index contributed by atoms with van der Waals surface area (Å²) in [5.74, 6) is -0.476. The molecule has 1 aromatic carbocycles. The van der Waals surface area contributed by atoms with E-state index in [0.29, 0.717) is 32.8 Å². The summed E-state index contributed by atoms with van der Waals surface area (Å²) in [7, 11) is 1.64. The molecule has 5 nitrogen and oxygen atoms in total.